The molecule has 2 unspecified atom stereocenters. The lowest BCUT2D eigenvalue weighted by Gasteiger charge is -2.19. The van der Waals surface area contributed by atoms with Crippen LogP contribution < -0.4 is 10.5 Å². The van der Waals surface area contributed by atoms with Crippen LogP contribution in [0.4, 0.5) is 10.1 Å². The molecule has 1 saturated carbocycles. The number of hydrogen-bond donors (Lipinski definition) is 3. The molecule has 1 aromatic rings. The van der Waals surface area contributed by atoms with Gasteiger partial charge in [0.2, 0.25) is 10.0 Å². The number of nitrogens with two attached hydrogens (primary N) is 1. The van der Waals surface area contributed by atoms with Gasteiger partial charge in [-0.15, -0.1) is 0 Å². The van der Waals surface area contributed by atoms with Gasteiger partial charge in [-0.3, -0.25) is 0 Å². The predicted octanol–water partition coefficient (Wildman–Crippen LogP) is 2.26. The third-order valence-corrected chi connectivity index (χ3v) is 6.52. The van der Waals surface area contributed by atoms with E-state index in [-0.39, 0.29) is 27.7 Å². The van der Waals surface area contributed by atoms with Crippen molar-refractivity contribution in [2.75, 3.05) is 12.3 Å². The maximum Gasteiger partial charge on any atom is 0.243 e. The number of halogens is 3. The Kier molecular flexibility index (Phi) is 5.15. The summed E-state index contributed by atoms with van der Waals surface area (Å²) in [5.74, 6) is -1.21. The molecule has 9 heteroatoms. The van der Waals surface area contributed by atoms with E-state index in [2.05, 4.69) is 20.7 Å². The molecule has 21 heavy (non-hydrogen) atoms. The standard InChI is InChI=1S/C12H15BrClFN2O3S/c13-10-7(14)4-9(11(15)12(10)16)21(19,20)17-8-3-1-2-6(8)5-18/h4,6,8,17-18H,1-3,5,16H2. The summed E-state index contributed by atoms with van der Waals surface area (Å²) in [5.41, 5.74) is 5.15. The Morgan fingerprint density at radius 2 is 2.19 bits per heavy atom. The van der Waals surface area contributed by atoms with Crippen molar-refractivity contribution in [2.24, 2.45) is 5.92 Å². The van der Waals surface area contributed by atoms with Gasteiger partial charge in [-0.2, -0.15) is 0 Å². The molecule has 0 spiro atoms. The molecule has 4 N–H and O–H groups in total. The third-order valence-electron chi connectivity index (χ3n) is 3.65. The van der Waals surface area contributed by atoms with Crippen LogP contribution >= 0.6 is 27.5 Å². The van der Waals surface area contributed by atoms with Gasteiger partial charge < -0.3 is 10.8 Å². The zero-order chi connectivity index (χ0) is 15.8. The number of anilines is 1. The van der Waals surface area contributed by atoms with Crippen LogP contribution in [0, 0.1) is 11.7 Å². The second-order valence-corrected chi connectivity index (χ2v) is 7.88. The zero-order valence-electron chi connectivity index (χ0n) is 10.9. The van der Waals surface area contributed by atoms with Gasteiger partial charge in [0, 0.05) is 12.6 Å². The molecule has 5 nitrogen and oxygen atoms in total. The zero-order valence-corrected chi connectivity index (χ0v) is 14.1. The Balaban J connectivity index is 2.36. The SMILES string of the molecule is Nc1c(F)c(S(=O)(=O)NC2CCCC2CO)cc(Cl)c1Br. The average Bonchev–Trinajstić information content (AvgIpc) is 2.86. The molecule has 1 aliphatic rings. The van der Waals surface area contributed by atoms with E-state index in [0.717, 1.165) is 18.9 Å². The molecule has 1 aliphatic carbocycles. The van der Waals surface area contributed by atoms with Crippen molar-refractivity contribution < 1.29 is 17.9 Å². The molecule has 118 valence electrons. The van der Waals surface area contributed by atoms with Crippen molar-refractivity contribution in [2.45, 2.75) is 30.2 Å². The van der Waals surface area contributed by atoms with Gasteiger partial charge >= 0.3 is 0 Å². The fraction of sp³-hybridized carbons (Fsp3) is 0.500. The second kappa shape index (κ2) is 6.37. The second-order valence-electron chi connectivity index (χ2n) is 5.00. The molecule has 2 atom stereocenters. The first-order valence-electron chi connectivity index (χ1n) is 6.34. The molecule has 0 amide bonds. The van der Waals surface area contributed by atoms with E-state index in [9.17, 15) is 17.9 Å². The minimum absolute atomic E-state index is 0.0133. The van der Waals surface area contributed by atoms with Crippen molar-refractivity contribution in [3.8, 4) is 0 Å². The van der Waals surface area contributed by atoms with Crippen LogP contribution in [0.25, 0.3) is 0 Å². The number of sulfonamides is 1. The Morgan fingerprint density at radius 3 is 2.81 bits per heavy atom. The minimum atomic E-state index is -4.10. The van der Waals surface area contributed by atoms with Crippen LogP contribution in [0.3, 0.4) is 0 Å². The normalized spacial score (nSPS) is 22.7. The predicted molar refractivity (Wildman–Crippen MR) is 82.1 cm³/mol. The molecule has 0 aromatic heterocycles. The summed E-state index contributed by atoms with van der Waals surface area (Å²) in [6.45, 7) is -0.112. The molecule has 0 saturated heterocycles. The highest BCUT2D eigenvalue weighted by Crippen LogP contribution is 2.35. The summed E-state index contributed by atoms with van der Waals surface area (Å²) in [7, 11) is -4.10. The summed E-state index contributed by atoms with van der Waals surface area (Å²) in [6.07, 6.45) is 2.14. The molecule has 0 heterocycles. The topological polar surface area (TPSA) is 92.4 Å². The Morgan fingerprint density at radius 1 is 1.52 bits per heavy atom. The molecule has 0 aliphatic heterocycles. The lowest BCUT2D eigenvalue weighted by Crippen LogP contribution is -2.38. The van der Waals surface area contributed by atoms with Crippen LogP contribution in [0.1, 0.15) is 19.3 Å². The fourth-order valence-electron chi connectivity index (χ4n) is 2.47. The Hall–Kier alpha value is -0.410. The number of benzene rings is 1. The summed E-state index contributed by atoms with van der Waals surface area (Å²) in [5, 5.41) is 9.24. The van der Waals surface area contributed by atoms with Crippen molar-refractivity contribution in [1.29, 1.82) is 0 Å². The molecule has 2 rings (SSSR count). The first-order chi connectivity index (χ1) is 9.77. The first-order valence-corrected chi connectivity index (χ1v) is 8.99. The van der Waals surface area contributed by atoms with Gasteiger partial charge in [0.25, 0.3) is 0 Å². The minimum Gasteiger partial charge on any atom is -0.396 e. The third kappa shape index (κ3) is 3.34. The quantitative estimate of drug-likeness (QED) is 0.533. The maximum atomic E-state index is 14.1. The number of nitrogens with one attached hydrogen (secondary N) is 1. The van der Waals surface area contributed by atoms with E-state index in [4.69, 9.17) is 17.3 Å². The Bertz CT molecular complexity index is 656. The van der Waals surface area contributed by atoms with E-state index >= 15 is 0 Å². The van der Waals surface area contributed by atoms with Gasteiger partial charge in [0.15, 0.2) is 5.82 Å². The number of hydrogen-bond acceptors (Lipinski definition) is 4. The largest absolute Gasteiger partial charge is 0.396 e. The first kappa shape index (κ1) is 17.0. The van der Waals surface area contributed by atoms with E-state index in [0.29, 0.717) is 6.42 Å². The van der Waals surface area contributed by atoms with Crippen LogP contribution in [0.5, 0.6) is 0 Å². The molecule has 0 bridgehead atoms. The van der Waals surface area contributed by atoms with E-state index in [1.807, 2.05) is 0 Å². The van der Waals surface area contributed by atoms with Crippen LogP contribution in [0.15, 0.2) is 15.4 Å². The lowest BCUT2D eigenvalue weighted by atomic mass is 10.1. The summed E-state index contributed by atoms with van der Waals surface area (Å²) >= 11 is 8.84. The van der Waals surface area contributed by atoms with Crippen LogP contribution in [-0.4, -0.2) is 26.2 Å². The summed E-state index contributed by atoms with van der Waals surface area (Å²) in [6, 6.07) is 0.603. The Labute approximate surface area is 135 Å². The van der Waals surface area contributed by atoms with Crippen molar-refractivity contribution >= 4 is 43.2 Å². The number of aliphatic hydroxyl groups is 1. The number of aliphatic hydroxyl groups excluding tert-OH is 1. The van der Waals surface area contributed by atoms with Crippen LogP contribution in [-0.2, 0) is 10.0 Å². The van der Waals surface area contributed by atoms with Crippen LogP contribution in [0.2, 0.25) is 5.02 Å². The van der Waals surface area contributed by atoms with Crippen molar-refractivity contribution in [3.63, 3.8) is 0 Å². The number of rotatable bonds is 4. The van der Waals surface area contributed by atoms with Gasteiger partial charge in [-0.05, 0) is 40.8 Å². The van der Waals surface area contributed by atoms with E-state index in [1.54, 1.807) is 0 Å². The summed E-state index contributed by atoms with van der Waals surface area (Å²) in [4.78, 5) is -0.586. The van der Waals surface area contributed by atoms with Crippen molar-refractivity contribution in [3.05, 3.63) is 21.4 Å². The van der Waals surface area contributed by atoms with Gasteiger partial charge in [0.1, 0.15) is 4.90 Å². The maximum absolute atomic E-state index is 14.1. The lowest BCUT2D eigenvalue weighted by molar-refractivity contribution is 0.213. The van der Waals surface area contributed by atoms with Crippen molar-refractivity contribution in [1.82, 2.24) is 4.72 Å². The monoisotopic (exact) mass is 400 g/mol. The highest BCUT2D eigenvalue weighted by molar-refractivity contribution is 9.10. The molecular formula is C12H15BrClFN2O3S. The highest BCUT2D eigenvalue weighted by atomic mass is 79.9. The van der Waals surface area contributed by atoms with E-state index in [1.165, 1.54) is 0 Å². The van der Waals surface area contributed by atoms with Gasteiger partial charge in [0.05, 0.1) is 15.2 Å². The molecule has 1 fully saturated rings. The fourth-order valence-corrected chi connectivity index (χ4v) is 4.49. The highest BCUT2D eigenvalue weighted by Gasteiger charge is 2.32. The molecule has 0 radical (unpaired) electrons. The molecule has 1 aromatic carbocycles. The van der Waals surface area contributed by atoms with E-state index < -0.39 is 26.8 Å². The number of nitrogen functional groups attached to an aromatic ring is 1. The molecular weight excluding hydrogens is 387 g/mol. The smallest absolute Gasteiger partial charge is 0.243 e. The average molecular weight is 402 g/mol. The van der Waals surface area contributed by atoms with Gasteiger partial charge in [-0.25, -0.2) is 17.5 Å². The van der Waals surface area contributed by atoms with Gasteiger partial charge in [-0.1, -0.05) is 18.0 Å². The summed E-state index contributed by atoms with van der Waals surface area (Å²) < 4.78 is 41.3.